The quantitative estimate of drug-likeness (QED) is 0.775. The van der Waals surface area contributed by atoms with Crippen molar-refractivity contribution in [3.63, 3.8) is 0 Å². The van der Waals surface area contributed by atoms with Gasteiger partial charge in [-0.2, -0.15) is 5.10 Å². The summed E-state index contributed by atoms with van der Waals surface area (Å²) >= 11 is 8.73. The van der Waals surface area contributed by atoms with E-state index in [1.165, 1.54) is 0 Å². The van der Waals surface area contributed by atoms with E-state index in [2.05, 4.69) is 26.1 Å². The van der Waals surface area contributed by atoms with Crippen molar-refractivity contribution in [3.05, 3.63) is 69.4 Å². The van der Waals surface area contributed by atoms with Gasteiger partial charge in [0.15, 0.2) is 10.6 Å². The van der Waals surface area contributed by atoms with Crippen LogP contribution in [0.25, 0.3) is 11.3 Å². The molecule has 2 N–H and O–H groups in total. The van der Waals surface area contributed by atoms with Crippen LogP contribution in [-0.4, -0.2) is 19.9 Å². The number of aromatic amines is 1. The summed E-state index contributed by atoms with van der Waals surface area (Å²) < 4.78 is 3.27. The second-order valence-corrected chi connectivity index (χ2v) is 5.80. The minimum Gasteiger partial charge on any atom is -0.508 e. The van der Waals surface area contributed by atoms with Gasteiger partial charge in [-0.25, -0.2) is 0 Å². The van der Waals surface area contributed by atoms with Gasteiger partial charge in [-0.05, 0) is 55.1 Å². The van der Waals surface area contributed by atoms with Crippen LogP contribution in [0.1, 0.15) is 12.2 Å². The average Bonchev–Trinajstić information content (AvgIpc) is 2.72. The van der Waals surface area contributed by atoms with Crippen molar-refractivity contribution in [1.82, 2.24) is 14.8 Å². The first-order chi connectivity index (χ1) is 10.2. The number of benzene rings is 1. The highest BCUT2D eigenvalue weighted by atomic mass is 79.9. The van der Waals surface area contributed by atoms with Gasteiger partial charge >= 0.3 is 0 Å². The molecule has 0 atom stereocenters. The molecule has 3 rings (SSSR count). The molecule has 1 aromatic heterocycles. The van der Waals surface area contributed by atoms with Crippen molar-refractivity contribution >= 4 is 33.7 Å². The minimum atomic E-state index is 0.201. The predicted molar refractivity (Wildman–Crippen MR) is 88.9 cm³/mol. The molecule has 0 spiro atoms. The van der Waals surface area contributed by atoms with Crippen LogP contribution in [0.15, 0.2) is 58.8 Å². The number of aliphatic hydroxyl groups excluding tert-OH is 1. The average molecular weight is 362 g/mol. The van der Waals surface area contributed by atoms with Crippen molar-refractivity contribution in [2.75, 3.05) is 0 Å². The first-order valence-corrected chi connectivity index (χ1v) is 7.57. The molecule has 106 valence electrons. The van der Waals surface area contributed by atoms with E-state index in [1.807, 2.05) is 42.5 Å². The highest BCUT2D eigenvalue weighted by molar-refractivity contribution is 9.10. The van der Waals surface area contributed by atoms with Gasteiger partial charge in [0, 0.05) is 4.47 Å². The van der Waals surface area contributed by atoms with Crippen LogP contribution in [0, 0.1) is 4.77 Å². The van der Waals surface area contributed by atoms with Gasteiger partial charge in [0.05, 0.1) is 11.3 Å². The van der Waals surface area contributed by atoms with E-state index in [4.69, 9.17) is 12.2 Å². The molecular weight excluding hydrogens is 350 g/mol. The molecule has 0 radical (unpaired) electrons. The third kappa shape index (κ3) is 2.77. The van der Waals surface area contributed by atoms with Crippen LogP contribution in [0.3, 0.4) is 0 Å². The van der Waals surface area contributed by atoms with E-state index in [9.17, 15) is 5.11 Å². The number of H-pyrrole nitrogens is 1. The lowest BCUT2D eigenvalue weighted by Crippen LogP contribution is -2.02. The molecule has 21 heavy (non-hydrogen) atoms. The van der Waals surface area contributed by atoms with Gasteiger partial charge in [0.2, 0.25) is 0 Å². The normalized spacial score (nSPS) is 14.5. The van der Waals surface area contributed by atoms with E-state index in [0.717, 1.165) is 10.2 Å². The van der Waals surface area contributed by atoms with E-state index in [1.54, 1.807) is 10.6 Å². The zero-order valence-corrected chi connectivity index (χ0v) is 13.4. The second kappa shape index (κ2) is 5.83. The maximum atomic E-state index is 10.2. The molecule has 2 aromatic rings. The van der Waals surface area contributed by atoms with Crippen molar-refractivity contribution in [3.8, 4) is 5.69 Å². The Balaban J connectivity index is 2.18. The van der Waals surface area contributed by atoms with Crippen LogP contribution in [0.4, 0.5) is 0 Å². The van der Waals surface area contributed by atoms with Crippen LogP contribution in [-0.2, 0) is 0 Å². The van der Waals surface area contributed by atoms with Gasteiger partial charge in [-0.1, -0.05) is 28.1 Å². The zero-order valence-electron chi connectivity index (χ0n) is 11.0. The number of hydrogen-bond donors (Lipinski definition) is 2. The van der Waals surface area contributed by atoms with Crippen LogP contribution < -0.4 is 0 Å². The molecule has 0 fully saturated rings. The molecule has 0 saturated carbocycles. The summed E-state index contributed by atoms with van der Waals surface area (Å²) in [6, 6.07) is 7.75. The Bertz CT molecular complexity index is 812. The fourth-order valence-electron chi connectivity index (χ4n) is 2.11. The summed E-state index contributed by atoms with van der Waals surface area (Å²) in [5.74, 6) is 0.787. The van der Waals surface area contributed by atoms with E-state index in [-0.39, 0.29) is 5.76 Å². The third-order valence-corrected chi connectivity index (χ3v) is 3.92. The first kappa shape index (κ1) is 14.0. The van der Waals surface area contributed by atoms with Crippen molar-refractivity contribution in [2.45, 2.75) is 6.42 Å². The molecule has 1 aliphatic carbocycles. The molecular formula is C15H12BrN3OS. The molecule has 0 unspecified atom stereocenters. The number of nitrogens with zero attached hydrogens (tertiary/aromatic N) is 2. The zero-order chi connectivity index (χ0) is 14.8. The summed E-state index contributed by atoms with van der Waals surface area (Å²) in [6.07, 6.45) is 8.14. The fourth-order valence-corrected chi connectivity index (χ4v) is 2.62. The van der Waals surface area contributed by atoms with Crippen molar-refractivity contribution < 1.29 is 5.11 Å². The Hall–Kier alpha value is -1.92. The highest BCUT2D eigenvalue weighted by Crippen LogP contribution is 2.25. The summed E-state index contributed by atoms with van der Waals surface area (Å²) in [6.45, 7) is 0. The molecule has 4 nitrogen and oxygen atoms in total. The van der Waals surface area contributed by atoms with Gasteiger partial charge in [-0.15, -0.1) is 0 Å². The number of halogens is 1. The van der Waals surface area contributed by atoms with Gasteiger partial charge in [0.1, 0.15) is 5.76 Å². The van der Waals surface area contributed by atoms with Crippen LogP contribution >= 0.6 is 28.1 Å². The highest BCUT2D eigenvalue weighted by Gasteiger charge is 2.16. The molecule has 0 amide bonds. The summed E-state index contributed by atoms with van der Waals surface area (Å²) in [7, 11) is 0. The number of rotatable bonds is 2. The molecule has 0 aliphatic heterocycles. The minimum absolute atomic E-state index is 0.201. The maximum Gasteiger partial charge on any atom is 0.200 e. The molecule has 0 saturated heterocycles. The lowest BCUT2D eigenvalue weighted by molar-refractivity contribution is 0.435. The first-order valence-electron chi connectivity index (χ1n) is 6.37. The molecule has 0 bridgehead atoms. The lowest BCUT2D eigenvalue weighted by atomic mass is 10.2. The van der Waals surface area contributed by atoms with Gasteiger partial charge < -0.3 is 5.11 Å². The van der Waals surface area contributed by atoms with Crippen LogP contribution in [0.2, 0.25) is 0 Å². The number of aromatic nitrogens is 3. The van der Waals surface area contributed by atoms with E-state index >= 15 is 0 Å². The molecule has 1 aromatic carbocycles. The topological polar surface area (TPSA) is 53.8 Å². The van der Waals surface area contributed by atoms with Crippen molar-refractivity contribution in [2.24, 2.45) is 0 Å². The maximum absolute atomic E-state index is 10.2. The van der Waals surface area contributed by atoms with E-state index < -0.39 is 0 Å². The third-order valence-electron chi connectivity index (χ3n) is 3.12. The Morgan fingerprint density at radius 1 is 1.29 bits per heavy atom. The fraction of sp³-hybridized carbons (Fsp3) is 0.0667. The van der Waals surface area contributed by atoms with Gasteiger partial charge in [0.25, 0.3) is 0 Å². The largest absolute Gasteiger partial charge is 0.508 e. The molecule has 6 heteroatoms. The Morgan fingerprint density at radius 3 is 2.81 bits per heavy atom. The Morgan fingerprint density at radius 2 is 2.05 bits per heavy atom. The SMILES string of the molecule is OC1=CCC=CC=C1c1n[nH]c(=S)n1-c1ccc(Br)cc1. The smallest absolute Gasteiger partial charge is 0.200 e. The molecule has 1 aliphatic rings. The summed E-state index contributed by atoms with van der Waals surface area (Å²) in [5.41, 5.74) is 1.52. The summed E-state index contributed by atoms with van der Waals surface area (Å²) in [4.78, 5) is 0. The summed E-state index contributed by atoms with van der Waals surface area (Å²) in [5, 5.41) is 17.2. The Kier molecular flexibility index (Phi) is 3.90. The molecule has 1 heterocycles. The van der Waals surface area contributed by atoms with E-state index in [0.29, 0.717) is 22.6 Å². The predicted octanol–water partition coefficient (Wildman–Crippen LogP) is 4.48. The van der Waals surface area contributed by atoms with Gasteiger partial charge in [-0.3, -0.25) is 9.67 Å². The standard InChI is InChI=1S/C15H12BrN3OS/c16-10-6-8-11(9-7-10)19-14(17-18-15(19)21)12-4-2-1-3-5-13(12)20/h1-2,4-9,20H,3H2,(H,18,21). The second-order valence-electron chi connectivity index (χ2n) is 4.50. The lowest BCUT2D eigenvalue weighted by Gasteiger charge is -2.09. The monoisotopic (exact) mass is 361 g/mol. The van der Waals surface area contributed by atoms with Crippen LogP contribution in [0.5, 0.6) is 0 Å². The number of nitrogens with one attached hydrogen (secondary N) is 1. The Labute approximate surface area is 135 Å². The number of allylic oxidation sites excluding steroid dienone is 5. The number of hydrogen-bond acceptors (Lipinski definition) is 3. The number of aliphatic hydroxyl groups is 1. The van der Waals surface area contributed by atoms with Crippen molar-refractivity contribution in [1.29, 1.82) is 0 Å².